The molecule has 7 nitrogen and oxygen atoms in total. The predicted octanol–water partition coefficient (Wildman–Crippen LogP) is 6.78. The van der Waals surface area contributed by atoms with Crippen molar-refractivity contribution in [3.63, 3.8) is 0 Å². The van der Waals surface area contributed by atoms with Gasteiger partial charge in [-0.3, -0.25) is 4.98 Å². The average molecular weight is 471 g/mol. The van der Waals surface area contributed by atoms with Crippen molar-refractivity contribution in [1.82, 2.24) is 20.4 Å². The van der Waals surface area contributed by atoms with E-state index in [4.69, 9.17) is 4.74 Å². The van der Waals surface area contributed by atoms with Gasteiger partial charge in [0, 0.05) is 17.7 Å². The van der Waals surface area contributed by atoms with Crippen molar-refractivity contribution in [2.45, 2.75) is 99.5 Å². The van der Waals surface area contributed by atoms with E-state index in [0.29, 0.717) is 17.6 Å². The second-order valence-corrected chi connectivity index (χ2v) is 8.24. The number of pyridine rings is 1. The minimum absolute atomic E-state index is 0.176. The summed E-state index contributed by atoms with van der Waals surface area (Å²) >= 11 is 0. The molecule has 0 aromatic carbocycles. The maximum absolute atomic E-state index is 9.70. The summed E-state index contributed by atoms with van der Waals surface area (Å²) in [5, 5.41) is 9.70. The van der Waals surface area contributed by atoms with Gasteiger partial charge in [-0.2, -0.15) is 5.26 Å². The Morgan fingerprint density at radius 1 is 1.03 bits per heavy atom. The number of methoxy groups -OCH3 is 1. The van der Waals surface area contributed by atoms with E-state index in [2.05, 4.69) is 38.8 Å². The molecule has 1 saturated carbocycles. The van der Waals surface area contributed by atoms with Crippen LogP contribution in [0, 0.1) is 24.2 Å². The van der Waals surface area contributed by atoms with E-state index < -0.39 is 5.92 Å². The van der Waals surface area contributed by atoms with Crippen LogP contribution in [0.25, 0.3) is 0 Å². The third-order valence-corrected chi connectivity index (χ3v) is 5.29. The Balaban J connectivity index is 0.00000103. The van der Waals surface area contributed by atoms with Crippen molar-refractivity contribution in [3.05, 3.63) is 41.7 Å². The zero-order chi connectivity index (χ0) is 26.1. The van der Waals surface area contributed by atoms with Crippen molar-refractivity contribution < 1.29 is 4.74 Å². The van der Waals surface area contributed by atoms with Crippen LogP contribution in [-0.2, 0) is 0 Å². The first-order chi connectivity index (χ1) is 16.3. The summed E-state index contributed by atoms with van der Waals surface area (Å²) in [5.74, 6) is 1.73. The van der Waals surface area contributed by atoms with Crippen LogP contribution < -0.4 is 15.6 Å². The van der Waals surface area contributed by atoms with Crippen molar-refractivity contribution in [2.24, 2.45) is 5.92 Å². The smallest absolute Gasteiger partial charge is 0.137 e. The summed E-state index contributed by atoms with van der Waals surface area (Å²) in [7, 11) is 1.58. The van der Waals surface area contributed by atoms with Gasteiger partial charge in [-0.25, -0.2) is 15.4 Å². The van der Waals surface area contributed by atoms with Gasteiger partial charge < -0.3 is 10.2 Å². The maximum atomic E-state index is 9.70. The first-order valence-electron chi connectivity index (χ1n) is 12.6. The van der Waals surface area contributed by atoms with Crippen LogP contribution in [0.15, 0.2) is 24.7 Å². The van der Waals surface area contributed by atoms with Crippen LogP contribution >= 0.6 is 0 Å². The number of anilines is 1. The van der Waals surface area contributed by atoms with Crippen molar-refractivity contribution >= 4 is 5.69 Å². The van der Waals surface area contributed by atoms with Gasteiger partial charge in [0.15, 0.2) is 0 Å². The molecule has 1 fully saturated rings. The SMILES string of the molecule is CC.CC.CC1CCC1.COc1cnc(C)c(C(C#N)C(C)c2ncc(NNC(C)C)cn2)c1. The van der Waals surface area contributed by atoms with Crippen molar-refractivity contribution in [1.29, 1.82) is 5.26 Å². The Kier molecular flexibility index (Phi) is 16.3. The number of aryl methyl sites for hydroxylation is 1. The third-order valence-electron chi connectivity index (χ3n) is 5.29. The number of nitriles is 1. The molecule has 7 heteroatoms. The van der Waals surface area contributed by atoms with Crippen LogP contribution in [0.1, 0.15) is 104 Å². The highest BCUT2D eigenvalue weighted by molar-refractivity contribution is 5.39. The predicted molar refractivity (Wildman–Crippen MR) is 142 cm³/mol. The Morgan fingerprint density at radius 2 is 1.59 bits per heavy atom. The summed E-state index contributed by atoms with van der Waals surface area (Å²) in [5.41, 5.74) is 8.54. The van der Waals surface area contributed by atoms with Crippen LogP contribution in [-0.4, -0.2) is 28.1 Å². The molecule has 34 heavy (non-hydrogen) atoms. The molecule has 0 saturated heterocycles. The van der Waals surface area contributed by atoms with Gasteiger partial charge in [0.05, 0.1) is 43.4 Å². The lowest BCUT2D eigenvalue weighted by atomic mass is 9.87. The van der Waals surface area contributed by atoms with Crippen molar-refractivity contribution in [2.75, 3.05) is 12.5 Å². The number of nitrogens with one attached hydrogen (secondary N) is 2. The molecule has 1 aliphatic carbocycles. The third kappa shape index (κ3) is 10.5. The molecule has 1 aliphatic rings. The van der Waals surface area contributed by atoms with Gasteiger partial charge in [-0.15, -0.1) is 0 Å². The molecule has 2 heterocycles. The lowest BCUT2D eigenvalue weighted by Crippen LogP contribution is -2.29. The zero-order valence-electron chi connectivity index (χ0n) is 22.9. The van der Waals surface area contributed by atoms with E-state index in [1.807, 2.05) is 61.5 Å². The number of ether oxygens (including phenoxy) is 1. The summed E-state index contributed by atoms with van der Waals surface area (Å²) in [6, 6.07) is 4.51. The Labute approximate surface area is 207 Å². The Morgan fingerprint density at radius 3 is 2.00 bits per heavy atom. The van der Waals surface area contributed by atoms with E-state index in [-0.39, 0.29) is 5.92 Å². The second kappa shape index (κ2) is 17.7. The number of hydrogen-bond acceptors (Lipinski definition) is 7. The van der Waals surface area contributed by atoms with Gasteiger partial charge in [0.2, 0.25) is 0 Å². The molecule has 2 N–H and O–H groups in total. The van der Waals surface area contributed by atoms with Crippen LogP contribution in [0.4, 0.5) is 5.69 Å². The van der Waals surface area contributed by atoms with E-state index >= 15 is 0 Å². The number of rotatable bonds is 7. The molecule has 0 bridgehead atoms. The number of aromatic nitrogens is 3. The van der Waals surface area contributed by atoms with Gasteiger partial charge in [0.1, 0.15) is 11.6 Å². The molecular weight excluding hydrogens is 424 g/mol. The fourth-order valence-corrected chi connectivity index (χ4v) is 3.03. The first kappa shape index (κ1) is 31.3. The quantitative estimate of drug-likeness (QED) is 0.430. The first-order valence-corrected chi connectivity index (χ1v) is 12.6. The molecule has 0 aliphatic heterocycles. The minimum atomic E-state index is -0.407. The number of hydrogen-bond donors (Lipinski definition) is 2. The lowest BCUT2D eigenvalue weighted by molar-refractivity contribution is 0.346. The summed E-state index contributed by atoms with van der Waals surface area (Å²) in [6.45, 7) is 18.2. The largest absolute Gasteiger partial charge is 0.495 e. The normalized spacial score (nSPS) is 13.8. The highest BCUT2D eigenvalue weighted by atomic mass is 16.5. The van der Waals surface area contributed by atoms with Crippen LogP contribution in [0.3, 0.4) is 0 Å². The molecule has 190 valence electrons. The van der Waals surface area contributed by atoms with Gasteiger partial charge >= 0.3 is 0 Å². The molecule has 0 radical (unpaired) electrons. The minimum Gasteiger partial charge on any atom is -0.495 e. The van der Waals surface area contributed by atoms with Gasteiger partial charge in [0.25, 0.3) is 0 Å². The maximum Gasteiger partial charge on any atom is 0.137 e. The standard InChI is InChI=1S/C18H24N6O.C5H10.2C2H6/c1-11(2)23-24-14-8-21-18(22-9-14)12(3)17(7-19)16-6-15(25-5)10-20-13(16)4;1-5-3-2-4-5;2*1-2/h6,8-12,17,23-24H,1-5H3;5H,2-4H2,1H3;2*1-2H3. The van der Waals surface area contributed by atoms with E-state index in [9.17, 15) is 5.26 Å². The average Bonchev–Trinajstić information content (AvgIpc) is 2.86. The highest BCUT2D eigenvalue weighted by Gasteiger charge is 2.25. The fourth-order valence-electron chi connectivity index (χ4n) is 3.03. The van der Waals surface area contributed by atoms with E-state index in [0.717, 1.165) is 22.9 Å². The van der Waals surface area contributed by atoms with E-state index in [1.165, 1.54) is 19.3 Å². The molecule has 0 spiro atoms. The topological polar surface area (TPSA) is 95.8 Å². The van der Waals surface area contributed by atoms with Crippen LogP contribution in [0.2, 0.25) is 0 Å². The number of hydrazine groups is 1. The Bertz CT molecular complexity index is 828. The van der Waals surface area contributed by atoms with Crippen LogP contribution in [0.5, 0.6) is 5.75 Å². The van der Waals surface area contributed by atoms with E-state index in [1.54, 1.807) is 25.7 Å². The number of nitrogens with zero attached hydrogens (tertiary/aromatic N) is 4. The summed E-state index contributed by atoms with van der Waals surface area (Å²) in [4.78, 5) is 13.1. The molecule has 2 atom stereocenters. The van der Waals surface area contributed by atoms with Crippen molar-refractivity contribution in [3.8, 4) is 11.8 Å². The monoisotopic (exact) mass is 470 g/mol. The van der Waals surface area contributed by atoms with Gasteiger partial charge in [-0.1, -0.05) is 60.8 Å². The molecule has 2 unspecified atom stereocenters. The molecule has 3 rings (SSSR count). The molecule has 2 aromatic rings. The molecule has 0 amide bonds. The van der Waals surface area contributed by atoms with Gasteiger partial charge in [-0.05, 0) is 38.3 Å². The zero-order valence-corrected chi connectivity index (χ0v) is 22.9. The highest BCUT2D eigenvalue weighted by Crippen LogP contribution is 2.33. The summed E-state index contributed by atoms with van der Waals surface area (Å²) < 4.78 is 5.23. The summed E-state index contributed by atoms with van der Waals surface area (Å²) in [6.07, 6.45) is 9.52. The fraction of sp³-hybridized carbons (Fsp3) is 0.630. The lowest BCUT2D eigenvalue weighted by Gasteiger charge is -2.19. The second-order valence-electron chi connectivity index (χ2n) is 8.24. The Hall–Kier alpha value is -2.72. The molecule has 2 aromatic heterocycles. The molecular formula is C27H46N6O.